The highest BCUT2D eigenvalue weighted by molar-refractivity contribution is 6.17. The molecule has 0 aromatic heterocycles. The molecule has 9 aromatic carbocycles. The van der Waals surface area contributed by atoms with Gasteiger partial charge in [-0.1, -0.05) is 206 Å². The van der Waals surface area contributed by atoms with Crippen LogP contribution in [-0.4, -0.2) is 0 Å². The summed E-state index contributed by atoms with van der Waals surface area (Å²) in [6, 6.07) is 75.1. The van der Waals surface area contributed by atoms with Gasteiger partial charge in [0.1, 0.15) is 0 Å². The van der Waals surface area contributed by atoms with E-state index < -0.39 is 0 Å². The maximum Gasteiger partial charge on any atom is 0.0726 e. The van der Waals surface area contributed by atoms with E-state index >= 15 is 0 Å². The van der Waals surface area contributed by atoms with Gasteiger partial charge in [-0.3, -0.25) is 0 Å². The van der Waals surface area contributed by atoms with Gasteiger partial charge < -0.3 is 0 Å². The zero-order valence-corrected chi connectivity index (χ0v) is 32.2. The van der Waals surface area contributed by atoms with Gasteiger partial charge in [-0.2, -0.15) is 0 Å². The quantitative estimate of drug-likeness (QED) is 0.149. The third-order valence-electron chi connectivity index (χ3n) is 13.2. The standard InChI is InChI=1S/C58H40/c1-3-15-38(16-4-1)42-21-10-25-46(36-42)54(39-17-5-2-6-18-39)47-26-11-23-44(37-47)43-22-9-24-45(35-43)48-28-14-32-53-57(48)49-27-7-8-29-50(49)58(53)51-30-12-19-40-33-34-41-20-13-31-52(58)56(41)55(40)51/h1-9,11-20,22-37,54H,10,21H2. The third-order valence-corrected chi connectivity index (χ3v) is 13.2. The lowest BCUT2D eigenvalue weighted by molar-refractivity contribution is 0.797. The fourth-order valence-electron chi connectivity index (χ4n) is 10.9. The molecule has 0 fully saturated rings. The van der Waals surface area contributed by atoms with Crippen LogP contribution in [0.3, 0.4) is 0 Å². The lowest BCUT2D eigenvalue weighted by Crippen LogP contribution is -2.26. The Bertz CT molecular complexity index is 3100. The van der Waals surface area contributed by atoms with E-state index in [1.165, 1.54) is 105 Å². The number of hydrogen-bond acceptors (Lipinski definition) is 0. The maximum absolute atomic E-state index is 2.46. The third kappa shape index (κ3) is 4.82. The van der Waals surface area contributed by atoms with Gasteiger partial charge >= 0.3 is 0 Å². The predicted molar refractivity (Wildman–Crippen MR) is 243 cm³/mol. The average Bonchev–Trinajstić information content (AvgIpc) is 3.78. The number of benzene rings is 9. The molecule has 0 saturated carbocycles. The van der Waals surface area contributed by atoms with E-state index in [4.69, 9.17) is 0 Å². The van der Waals surface area contributed by atoms with E-state index in [1.54, 1.807) is 0 Å². The van der Waals surface area contributed by atoms with E-state index in [9.17, 15) is 0 Å². The molecule has 0 nitrogen and oxygen atoms in total. The summed E-state index contributed by atoms with van der Waals surface area (Å²) in [5.74, 6) is 0.137. The smallest absolute Gasteiger partial charge is 0.0726 e. The molecule has 0 radical (unpaired) electrons. The van der Waals surface area contributed by atoms with Gasteiger partial charge in [0.2, 0.25) is 0 Å². The highest BCUT2D eigenvalue weighted by Crippen LogP contribution is 2.63. The van der Waals surface area contributed by atoms with Crippen molar-refractivity contribution in [2.75, 3.05) is 0 Å². The van der Waals surface area contributed by atoms with Crippen LogP contribution in [0, 0.1) is 0 Å². The molecule has 9 aromatic rings. The number of fused-ring (bicyclic) bond motifs is 7. The topological polar surface area (TPSA) is 0 Å². The van der Waals surface area contributed by atoms with E-state index in [1.807, 2.05) is 0 Å². The molecule has 0 bridgehead atoms. The van der Waals surface area contributed by atoms with Crippen LogP contribution in [0.5, 0.6) is 0 Å². The van der Waals surface area contributed by atoms with Gasteiger partial charge in [0.15, 0.2) is 0 Å². The lowest BCUT2D eigenvalue weighted by atomic mass is 9.70. The monoisotopic (exact) mass is 736 g/mol. The molecule has 3 aliphatic rings. The molecule has 1 spiro atoms. The van der Waals surface area contributed by atoms with Crippen molar-refractivity contribution < 1.29 is 0 Å². The zero-order chi connectivity index (χ0) is 38.2. The first-order valence-electron chi connectivity index (χ1n) is 20.7. The van der Waals surface area contributed by atoms with Crippen LogP contribution in [0.4, 0.5) is 0 Å². The van der Waals surface area contributed by atoms with Crippen molar-refractivity contribution in [3.05, 3.63) is 257 Å². The largest absolute Gasteiger partial charge is 0.0800 e. The summed E-state index contributed by atoms with van der Waals surface area (Å²) < 4.78 is 0. The second kappa shape index (κ2) is 13.0. The van der Waals surface area contributed by atoms with Gasteiger partial charge in [0, 0.05) is 5.92 Å². The molecule has 0 aliphatic heterocycles. The summed E-state index contributed by atoms with van der Waals surface area (Å²) in [5.41, 5.74) is 19.6. The summed E-state index contributed by atoms with van der Waals surface area (Å²) in [7, 11) is 0. The van der Waals surface area contributed by atoms with Gasteiger partial charge in [-0.15, -0.1) is 0 Å². The minimum atomic E-state index is -0.369. The van der Waals surface area contributed by atoms with E-state index in [-0.39, 0.29) is 11.3 Å². The molecule has 0 amide bonds. The van der Waals surface area contributed by atoms with Crippen molar-refractivity contribution in [1.82, 2.24) is 0 Å². The number of allylic oxidation sites excluding steroid dienone is 4. The van der Waals surface area contributed by atoms with Crippen LogP contribution < -0.4 is 0 Å². The molecular formula is C58H40. The van der Waals surface area contributed by atoms with Crippen molar-refractivity contribution in [2.24, 2.45) is 0 Å². The highest BCUT2D eigenvalue weighted by Gasteiger charge is 2.51. The molecular weight excluding hydrogens is 697 g/mol. The SMILES string of the molecule is C1=C(c2ccccc2)CCC=C1C(c1ccccc1)c1cccc(-c2cccc(-c3cccc4c3-c3ccccc3C43c4cccc5ccc6cccc3c6c45)c2)c1. The van der Waals surface area contributed by atoms with E-state index in [0.29, 0.717) is 0 Å². The molecule has 3 aliphatic carbocycles. The van der Waals surface area contributed by atoms with Crippen molar-refractivity contribution in [2.45, 2.75) is 24.2 Å². The number of hydrogen-bond donors (Lipinski definition) is 0. The first kappa shape index (κ1) is 33.2. The Morgan fingerprint density at radius 2 is 0.948 bits per heavy atom. The average molecular weight is 737 g/mol. The zero-order valence-electron chi connectivity index (χ0n) is 32.2. The Hall–Kier alpha value is -7.02. The molecule has 272 valence electrons. The fraction of sp³-hybridized carbons (Fsp3) is 0.0690. The second-order valence-electron chi connectivity index (χ2n) is 16.2. The van der Waals surface area contributed by atoms with Crippen LogP contribution in [-0.2, 0) is 5.41 Å². The molecule has 0 saturated heterocycles. The van der Waals surface area contributed by atoms with Gasteiger partial charge in [-0.25, -0.2) is 0 Å². The molecule has 0 N–H and O–H groups in total. The van der Waals surface area contributed by atoms with Crippen LogP contribution in [0.15, 0.2) is 218 Å². The van der Waals surface area contributed by atoms with Crippen LogP contribution in [0.25, 0.3) is 60.5 Å². The number of rotatable bonds is 6. The van der Waals surface area contributed by atoms with Crippen molar-refractivity contribution in [3.63, 3.8) is 0 Å². The summed E-state index contributed by atoms with van der Waals surface area (Å²) in [4.78, 5) is 0. The summed E-state index contributed by atoms with van der Waals surface area (Å²) >= 11 is 0. The van der Waals surface area contributed by atoms with E-state index in [0.717, 1.165) is 12.8 Å². The molecule has 1 unspecified atom stereocenters. The van der Waals surface area contributed by atoms with Gasteiger partial charge in [0.25, 0.3) is 0 Å². The summed E-state index contributed by atoms with van der Waals surface area (Å²) in [5, 5.41) is 5.42. The highest BCUT2D eigenvalue weighted by atomic mass is 14.5. The van der Waals surface area contributed by atoms with Crippen molar-refractivity contribution in [3.8, 4) is 33.4 Å². The molecule has 0 heterocycles. The second-order valence-corrected chi connectivity index (χ2v) is 16.2. The lowest BCUT2D eigenvalue weighted by Gasteiger charge is -2.31. The first-order chi connectivity index (χ1) is 28.8. The summed E-state index contributed by atoms with van der Waals surface area (Å²) in [6.45, 7) is 0. The van der Waals surface area contributed by atoms with Gasteiger partial charge in [0.05, 0.1) is 5.41 Å². The minimum Gasteiger partial charge on any atom is -0.0800 e. The van der Waals surface area contributed by atoms with Crippen LogP contribution >= 0.6 is 0 Å². The first-order valence-corrected chi connectivity index (χ1v) is 20.7. The Kier molecular flexibility index (Phi) is 7.44. The molecule has 1 atom stereocenters. The Morgan fingerprint density at radius 1 is 0.397 bits per heavy atom. The molecule has 58 heavy (non-hydrogen) atoms. The van der Waals surface area contributed by atoms with Crippen LogP contribution in [0.2, 0.25) is 0 Å². The van der Waals surface area contributed by atoms with Crippen molar-refractivity contribution >= 4 is 27.1 Å². The normalized spacial score (nSPS) is 15.0. The Morgan fingerprint density at radius 3 is 1.72 bits per heavy atom. The molecule has 0 heteroatoms. The molecule has 12 rings (SSSR count). The fourth-order valence-corrected chi connectivity index (χ4v) is 10.9. The predicted octanol–water partition coefficient (Wildman–Crippen LogP) is 14.9. The minimum absolute atomic E-state index is 0.137. The Balaban J connectivity index is 0.995. The van der Waals surface area contributed by atoms with Gasteiger partial charge in [-0.05, 0) is 124 Å². The van der Waals surface area contributed by atoms with E-state index in [2.05, 4.69) is 212 Å². The van der Waals surface area contributed by atoms with Crippen LogP contribution in [0.1, 0.15) is 57.7 Å². The Labute approximate surface area is 340 Å². The summed E-state index contributed by atoms with van der Waals surface area (Å²) in [6.07, 6.45) is 7.02. The van der Waals surface area contributed by atoms with Crippen molar-refractivity contribution in [1.29, 1.82) is 0 Å². The maximum atomic E-state index is 2.46.